The van der Waals surface area contributed by atoms with E-state index in [9.17, 15) is 9.59 Å². The summed E-state index contributed by atoms with van der Waals surface area (Å²) in [6.45, 7) is 0.886. The lowest BCUT2D eigenvalue weighted by molar-refractivity contribution is -0.131. The van der Waals surface area contributed by atoms with E-state index in [-0.39, 0.29) is 11.9 Å². The Bertz CT molecular complexity index is 515. The summed E-state index contributed by atoms with van der Waals surface area (Å²) in [4.78, 5) is 22.6. The Hall–Kier alpha value is -2.14. The van der Waals surface area contributed by atoms with Crippen molar-refractivity contribution in [3.63, 3.8) is 0 Å². The van der Waals surface area contributed by atoms with Crippen molar-refractivity contribution in [2.24, 2.45) is 0 Å². The molecule has 0 saturated carbocycles. The van der Waals surface area contributed by atoms with Gasteiger partial charge in [-0.05, 0) is 43.2 Å². The van der Waals surface area contributed by atoms with Gasteiger partial charge in [-0.15, -0.1) is 0 Å². The molecule has 2 rings (SSSR count). The monoisotopic (exact) mass is 288 g/mol. The number of carbonyl (C=O) groups excluding carboxylic acids is 1. The molecule has 5 heteroatoms. The van der Waals surface area contributed by atoms with Gasteiger partial charge in [0.25, 0.3) is 0 Å². The molecule has 1 unspecified atom stereocenters. The van der Waals surface area contributed by atoms with E-state index < -0.39 is 5.97 Å². The Labute approximate surface area is 124 Å². The molecular weight excluding hydrogens is 268 g/mol. The summed E-state index contributed by atoms with van der Waals surface area (Å²) in [7, 11) is 0. The fourth-order valence-electron chi connectivity index (χ4n) is 2.33. The molecule has 5 nitrogen and oxygen atoms in total. The van der Waals surface area contributed by atoms with Crippen LogP contribution in [0.25, 0.3) is 6.08 Å². The van der Waals surface area contributed by atoms with Gasteiger partial charge in [0.05, 0.1) is 6.04 Å². The average Bonchev–Trinajstić information content (AvgIpc) is 2.75. The second-order valence-corrected chi connectivity index (χ2v) is 5.14. The summed E-state index contributed by atoms with van der Waals surface area (Å²) in [6, 6.07) is 6.97. The third-order valence-corrected chi connectivity index (χ3v) is 3.47. The third kappa shape index (κ3) is 5.04. The summed E-state index contributed by atoms with van der Waals surface area (Å²) in [5.41, 5.74) is 1.50. The van der Waals surface area contributed by atoms with Crippen LogP contribution in [0.15, 0.2) is 30.3 Å². The second kappa shape index (κ2) is 7.59. The fourth-order valence-corrected chi connectivity index (χ4v) is 2.33. The van der Waals surface area contributed by atoms with Crippen LogP contribution >= 0.6 is 0 Å². The van der Waals surface area contributed by atoms with Crippen LogP contribution < -0.4 is 10.6 Å². The van der Waals surface area contributed by atoms with E-state index >= 15 is 0 Å². The van der Waals surface area contributed by atoms with Gasteiger partial charge in [0, 0.05) is 11.8 Å². The number of carboxylic acid groups (broad SMARTS) is 1. The van der Waals surface area contributed by atoms with Crippen LogP contribution in [0.3, 0.4) is 0 Å². The molecule has 1 heterocycles. The lowest BCUT2D eigenvalue weighted by Crippen LogP contribution is -2.39. The van der Waals surface area contributed by atoms with Crippen molar-refractivity contribution in [2.45, 2.75) is 31.7 Å². The summed E-state index contributed by atoms with van der Waals surface area (Å²) in [6.07, 6.45) is 6.83. The van der Waals surface area contributed by atoms with E-state index in [1.807, 2.05) is 0 Å². The third-order valence-electron chi connectivity index (χ3n) is 3.47. The smallest absolute Gasteiger partial charge is 0.328 e. The van der Waals surface area contributed by atoms with Crippen LogP contribution in [0.5, 0.6) is 0 Å². The number of hydrogen-bond donors (Lipinski definition) is 3. The normalized spacial score (nSPS) is 19.1. The molecule has 0 aliphatic carbocycles. The van der Waals surface area contributed by atoms with Gasteiger partial charge in [0.15, 0.2) is 0 Å². The number of amides is 1. The van der Waals surface area contributed by atoms with Crippen molar-refractivity contribution in [3.8, 4) is 0 Å². The lowest BCUT2D eigenvalue weighted by Gasteiger charge is -2.15. The molecule has 21 heavy (non-hydrogen) atoms. The Balaban J connectivity index is 1.93. The molecule has 112 valence electrons. The first-order valence-corrected chi connectivity index (χ1v) is 7.20. The standard InChI is InChI=1S/C16H20N2O3/c19-15(20)10-7-12-5-8-13(9-6-12)18-16(21)14-4-2-1-3-11-17-14/h5-10,14,17H,1-4,11H2,(H,18,21)(H,19,20)/b10-7+. The average molecular weight is 288 g/mol. The van der Waals surface area contributed by atoms with Crippen molar-refractivity contribution < 1.29 is 14.7 Å². The molecule has 0 spiro atoms. The van der Waals surface area contributed by atoms with E-state index in [1.54, 1.807) is 24.3 Å². The van der Waals surface area contributed by atoms with Crippen LogP contribution in [0.4, 0.5) is 5.69 Å². The number of hydrogen-bond acceptors (Lipinski definition) is 3. The van der Waals surface area contributed by atoms with E-state index in [4.69, 9.17) is 5.11 Å². The largest absolute Gasteiger partial charge is 0.478 e. The SMILES string of the molecule is O=C(O)/C=C/c1ccc(NC(=O)C2CCCCCN2)cc1. The van der Waals surface area contributed by atoms with Crippen LogP contribution in [-0.4, -0.2) is 29.6 Å². The van der Waals surface area contributed by atoms with E-state index in [1.165, 1.54) is 12.5 Å². The van der Waals surface area contributed by atoms with Gasteiger partial charge in [0.1, 0.15) is 0 Å². The van der Waals surface area contributed by atoms with E-state index in [0.717, 1.165) is 43.1 Å². The van der Waals surface area contributed by atoms with Crippen LogP contribution in [0.2, 0.25) is 0 Å². The van der Waals surface area contributed by atoms with E-state index in [2.05, 4.69) is 10.6 Å². The van der Waals surface area contributed by atoms with Crippen molar-refractivity contribution in [1.29, 1.82) is 0 Å². The minimum Gasteiger partial charge on any atom is -0.478 e. The summed E-state index contributed by atoms with van der Waals surface area (Å²) < 4.78 is 0. The van der Waals surface area contributed by atoms with Gasteiger partial charge in [-0.1, -0.05) is 25.0 Å². The zero-order chi connectivity index (χ0) is 15.1. The Kier molecular flexibility index (Phi) is 5.51. The van der Waals surface area contributed by atoms with Crippen LogP contribution in [0.1, 0.15) is 31.2 Å². The molecule has 0 bridgehead atoms. The molecule has 1 fully saturated rings. The van der Waals surface area contributed by atoms with Crippen molar-refractivity contribution in [1.82, 2.24) is 5.32 Å². The van der Waals surface area contributed by atoms with Crippen molar-refractivity contribution in [2.75, 3.05) is 11.9 Å². The molecule has 1 amide bonds. The van der Waals surface area contributed by atoms with Gasteiger partial charge in [0.2, 0.25) is 5.91 Å². The lowest BCUT2D eigenvalue weighted by atomic mass is 10.1. The maximum atomic E-state index is 12.2. The first-order valence-electron chi connectivity index (χ1n) is 7.20. The number of benzene rings is 1. The number of carboxylic acids is 1. The number of carbonyl (C=O) groups is 2. The van der Waals surface area contributed by atoms with Gasteiger partial charge in [-0.2, -0.15) is 0 Å². The second-order valence-electron chi connectivity index (χ2n) is 5.14. The summed E-state index contributed by atoms with van der Waals surface area (Å²) in [5, 5.41) is 14.7. The molecule has 0 aromatic heterocycles. The molecule has 1 atom stereocenters. The first kappa shape index (κ1) is 15.3. The molecule has 1 aromatic carbocycles. The number of rotatable bonds is 4. The van der Waals surface area contributed by atoms with Crippen molar-refractivity contribution in [3.05, 3.63) is 35.9 Å². The van der Waals surface area contributed by atoms with Gasteiger partial charge < -0.3 is 15.7 Å². The van der Waals surface area contributed by atoms with Gasteiger partial charge in [-0.3, -0.25) is 4.79 Å². The van der Waals surface area contributed by atoms with Gasteiger partial charge >= 0.3 is 5.97 Å². The molecule has 0 radical (unpaired) electrons. The predicted molar refractivity (Wildman–Crippen MR) is 82.0 cm³/mol. The maximum absolute atomic E-state index is 12.2. The van der Waals surface area contributed by atoms with E-state index in [0.29, 0.717) is 0 Å². The Morgan fingerprint density at radius 3 is 2.67 bits per heavy atom. The first-order chi connectivity index (χ1) is 10.1. The Morgan fingerprint density at radius 1 is 1.19 bits per heavy atom. The number of anilines is 1. The highest BCUT2D eigenvalue weighted by molar-refractivity contribution is 5.95. The van der Waals surface area contributed by atoms with Crippen molar-refractivity contribution >= 4 is 23.6 Å². The zero-order valence-electron chi connectivity index (χ0n) is 11.8. The number of nitrogens with one attached hydrogen (secondary N) is 2. The minimum atomic E-state index is -0.980. The highest BCUT2D eigenvalue weighted by Gasteiger charge is 2.19. The molecule has 3 N–H and O–H groups in total. The summed E-state index contributed by atoms with van der Waals surface area (Å²) >= 11 is 0. The number of aliphatic carboxylic acids is 1. The van der Waals surface area contributed by atoms with Crippen LogP contribution in [-0.2, 0) is 9.59 Å². The minimum absolute atomic E-state index is 0.00859. The molecule has 1 aromatic rings. The Morgan fingerprint density at radius 2 is 1.95 bits per heavy atom. The topological polar surface area (TPSA) is 78.4 Å². The van der Waals surface area contributed by atoms with Crippen LogP contribution in [0, 0.1) is 0 Å². The highest BCUT2D eigenvalue weighted by Crippen LogP contribution is 2.14. The zero-order valence-corrected chi connectivity index (χ0v) is 11.8. The summed E-state index contributed by atoms with van der Waals surface area (Å²) in [5.74, 6) is -0.988. The quantitative estimate of drug-likeness (QED) is 0.743. The molecule has 1 aliphatic rings. The van der Waals surface area contributed by atoms with Gasteiger partial charge in [-0.25, -0.2) is 4.79 Å². The fraction of sp³-hybridized carbons (Fsp3) is 0.375. The molecule has 1 saturated heterocycles. The molecular formula is C16H20N2O3. The highest BCUT2D eigenvalue weighted by atomic mass is 16.4. The maximum Gasteiger partial charge on any atom is 0.328 e. The molecule has 1 aliphatic heterocycles. The predicted octanol–water partition coefficient (Wildman–Crippen LogP) is 2.26.